The highest BCUT2D eigenvalue weighted by Gasteiger charge is 2.32. The Hall–Kier alpha value is -2.74. The predicted octanol–water partition coefficient (Wildman–Crippen LogP) is 2.68. The summed E-state index contributed by atoms with van der Waals surface area (Å²) in [7, 11) is -3.91. The largest absolute Gasteiger partial charge is 0.294 e. The number of sulfonamides is 1. The van der Waals surface area contributed by atoms with E-state index in [2.05, 4.69) is 0 Å². The fourth-order valence-corrected chi connectivity index (χ4v) is 4.33. The smallest absolute Gasteiger partial charge is 0.272 e. The van der Waals surface area contributed by atoms with E-state index in [0.29, 0.717) is 11.3 Å². The normalized spacial score (nSPS) is 14.4. The molecule has 0 radical (unpaired) electrons. The first-order chi connectivity index (χ1) is 11.3. The third kappa shape index (κ3) is 2.54. The number of carbonyl (C=O) groups excluding carboxylic acids is 1. The Morgan fingerprint density at radius 3 is 2.54 bits per heavy atom. The summed E-state index contributed by atoms with van der Waals surface area (Å²) in [6.07, 6.45) is 0.0994. The van der Waals surface area contributed by atoms with Crippen LogP contribution in [0.4, 0.5) is 11.4 Å². The quantitative estimate of drug-likeness (QED) is 0.628. The fourth-order valence-electron chi connectivity index (χ4n) is 2.76. The second kappa shape index (κ2) is 5.72. The number of ketones is 1. The number of Topliss-reactive ketones (excluding diaryl/α,β-unsaturated/α-hetero) is 1. The van der Waals surface area contributed by atoms with Gasteiger partial charge in [-0.15, -0.1) is 0 Å². The molecule has 2 aromatic rings. The SMILES string of the molecule is Cc1cc(S(=O)(=O)N2CCC(=O)c3ccccc32)ccc1[N+](=O)[O-]. The van der Waals surface area contributed by atoms with E-state index in [-0.39, 0.29) is 34.9 Å². The maximum absolute atomic E-state index is 12.9. The van der Waals surface area contributed by atoms with Crippen molar-refractivity contribution in [3.8, 4) is 0 Å². The van der Waals surface area contributed by atoms with Gasteiger partial charge in [-0.3, -0.25) is 19.2 Å². The molecule has 0 aromatic heterocycles. The van der Waals surface area contributed by atoms with Crippen molar-refractivity contribution in [3.63, 3.8) is 0 Å². The molecule has 3 rings (SSSR count). The maximum atomic E-state index is 12.9. The van der Waals surface area contributed by atoms with Crippen molar-refractivity contribution in [2.45, 2.75) is 18.2 Å². The van der Waals surface area contributed by atoms with Crippen LogP contribution in [0.25, 0.3) is 0 Å². The molecule has 0 spiro atoms. The zero-order valence-corrected chi connectivity index (χ0v) is 13.6. The number of anilines is 1. The van der Waals surface area contributed by atoms with E-state index in [9.17, 15) is 23.3 Å². The van der Waals surface area contributed by atoms with Crippen molar-refractivity contribution < 1.29 is 18.1 Å². The van der Waals surface area contributed by atoms with Gasteiger partial charge in [0.15, 0.2) is 5.78 Å². The topological polar surface area (TPSA) is 97.6 Å². The molecule has 0 bridgehead atoms. The molecule has 8 heteroatoms. The summed E-state index contributed by atoms with van der Waals surface area (Å²) >= 11 is 0. The molecule has 0 amide bonds. The molecule has 0 fully saturated rings. The van der Waals surface area contributed by atoms with Crippen molar-refractivity contribution in [1.82, 2.24) is 0 Å². The van der Waals surface area contributed by atoms with Crippen LogP contribution in [0.15, 0.2) is 47.4 Å². The van der Waals surface area contributed by atoms with Crippen molar-refractivity contribution in [3.05, 3.63) is 63.7 Å². The van der Waals surface area contributed by atoms with Crippen LogP contribution in [-0.4, -0.2) is 25.7 Å². The Balaban J connectivity index is 2.09. The van der Waals surface area contributed by atoms with Crippen LogP contribution < -0.4 is 4.31 Å². The first-order valence-electron chi connectivity index (χ1n) is 7.22. The van der Waals surface area contributed by atoms with Gasteiger partial charge in [0, 0.05) is 30.2 Å². The van der Waals surface area contributed by atoms with Crippen LogP contribution in [-0.2, 0) is 10.0 Å². The molecule has 0 unspecified atom stereocenters. The van der Waals surface area contributed by atoms with Crippen molar-refractivity contribution >= 4 is 27.2 Å². The molecular formula is C16H14N2O5S. The average Bonchev–Trinajstić information content (AvgIpc) is 2.54. The number of nitro benzene ring substituents is 1. The maximum Gasteiger partial charge on any atom is 0.272 e. The fraction of sp³-hybridized carbons (Fsp3) is 0.188. The average molecular weight is 346 g/mol. The third-order valence-corrected chi connectivity index (χ3v) is 5.78. The number of aryl methyl sites for hydroxylation is 1. The Labute approximate surface area is 138 Å². The lowest BCUT2D eigenvalue weighted by atomic mass is 10.0. The summed E-state index contributed by atoms with van der Waals surface area (Å²) in [6, 6.07) is 10.2. The van der Waals surface area contributed by atoms with Crippen molar-refractivity contribution in [2.24, 2.45) is 0 Å². The van der Waals surface area contributed by atoms with Gasteiger partial charge in [-0.05, 0) is 31.2 Å². The van der Waals surface area contributed by atoms with Gasteiger partial charge in [0.25, 0.3) is 15.7 Å². The number of para-hydroxylation sites is 1. The summed E-state index contributed by atoms with van der Waals surface area (Å²) in [5.41, 5.74) is 0.835. The molecule has 1 aliphatic heterocycles. The molecule has 7 nitrogen and oxygen atoms in total. The van der Waals surface area contributed by atoms with E-state index in [4.69, 9.17) is 0 Å². The van der Waals surface area contributed by atoms with Gasteiger partial charge in [-0.1, -0.05) is 12.1 Å². The standard InChI is InChI=1S/C16H14N2O5S/c1-11-10-12(6-7-14(11)18(20)21)24(22,23)17-9-8-16(19)13-4-2-3-5-15(13)17/h2-7,10H,8-9H2,1H3. The van der Waals surface area contributed by atoms with Crippen LogP contribution in [0.2, 0.25) is 0 Å². The molecule has 0 N–H and O–H groups in total. The minimum Gasteiger partial charge on any atom is -0.294 e. The highest BCUT2D eigenvalue weighted by atomic mass is 32.2. The first-order valence-corrected chi connectivity index (χ1v) is 8.66. The van der Waals surface area contributed by atoms with E-state index < -0.39 is 14.9 Å². The predicted molar refractivity (Wildman–Crippen MR) is 87.8 cm³/mol. The van der Waals surface area contributed by atoms with Crippen molar-refractivity contribution in [1.29, 1.82) is 0 Å². The number of nitrogens with zero attached hydrogens (tertiary/aromatic N) is 2. The van der Waals surface area contributed by atoms with Gasteiger partial charge < -0.3 is 0 Å². The lowest BCUT2D eigenvalue weighted by Gasteiger charge is -2.29. The van der Waals surface area contributed by atoms with Crippen LogP contribution >= 0.6 is 0 Å². The second-order valence-electron chi connectivity index (χ2n) is 5.47. The second-order valence-corrected chi connectivity index (χ2v) is 7.34. The van der Waals surface area contributed by atoms with Gasteiger partial charge in [-0.25, -0.2) is 8.42 Å². The summed E-state index contributed by atoms with van der Waals surface area (Å²) < 4.78 is 27.1. The van der Waals surface area contributed by atoms with Crippen LogP contribution in [0.5, 0.6) is 0 Å². The van der Waals surface area contributed by atoms with Gasteiger partial charge in [0.1, 0.15) is 0 Å². The molecule has 0 saturated heterocycles. The molecule has 1 aliphatic rings. The Morgan fingerprint density at radius 2 is 1.88 bits per heavy atom. The lowest BCUT2D eigenvalue weighted by Crippen LogP contribution is -2.37. The Kier molecular flexibility index (Phi) is 3.84. The molecule has 0 atom stereocenters. The number of carbonyl (C=O) groups is 1. The van der Waals surface area contributed by atoms with Gasteiger partial charge >= 0.3 is 0 Å². The molecule has 0 saturated carbocycles. The van der Waals surface area contributed by atoms with Gasteiger partial charge in [0.2, 0.25) is 0 Å². The molecular weight excluding hydrogens is 332 g/mol. The molecule has 2 aromatic carbocycles. The van der Waals surface area contributed by atoms with Crippen molar-refractivity contribution in [2.75, 3.05) is 10.8 Å². The molecule has 24 heavy (non-hydrogen) atoms. The third-order valence-electron chi connectivity index (χ3n) is 3.97. The lowest BCUT2D eigenvalue weighted by molar-refractivity contribution is -0.385. The number of hydrogen-bond donors (Lipinski definition) is 0. The number of hydrogen-bond acceptors (Lipinski definition) is 5. The Morgan fingerprint density at radius 1 is 1.17 bits per heavy atom. The van der Waals surface area contributed by atoms with E-state index in [1.54, 1.807) is 24.3 Å². The number of fused-ring (bicyclic) bond motifs is 1. The van der Waals surface area contributed by atoms with Gasteiger partial charge in [-0.2, -0.15) is 0 Å². The summed E-state index contributed by atoms with van der Waals surface area (Å²) in [5, 5.41) is 10.9. The van der Waals surface area contributed by atoms with E-state index >= 15 is 0 Å². The number of rotatable bonds is 3. The number of nitro groups is 1. The van der Waals surface area contributed by atoms with Crippen LogP contribution in [0, 0.1) is 17.0 Å². The summed E-state index contributed by atoms with van der Waals surface area (Å²) in [5.74, 6) is -0.100. The highest BCUT2D eigenvalue weighted by Crippen LogP contribution is 2.32. The first kappa shape index (κ1) is 16.1. The molecule has 124 valence electrons. The van der Waals surface area contributed by atoms with E-state index in [0.717, 1.165) is 0 Å². The Bertz CT molecular complexity index is 953. The summed E-state index contributed by atoms with van der Waals surface area (Å²) in [6.45, 7) is 1.54. The monoisotopic (exact) mass is 346 g/mol. The molecule has 0 aliphatic carbocycles. The molecule has 1 heterocycles. The zero-order chi connectivity index (χ0) is 17.5. The minimum atomic E-state index is -3.91. The van der Waals surface area contributed by atoms with E-state index in [1.165, 1.54) is 29.4 Å². The van der Waals surface area contributed by atoms with Crippen LogP contribution in [0.3, 0.4) is 0 Å². The zero-order valence-electron chi connectivity index (χ0n) is 12.8. The van der Waals surface area contributed by atoms with Gasteiger partial charge in [0.05, 0.1) is 15.5 Å². The number of benzene rings is 2. The van der Waals surface area contributed by atoms with E-state index in [1.807, 2.05) is 0 Å². The highest BCUT2D eigenvalue weighted by molar-refractivity contribution is 7.92. The van der Waals surface area contributed by atoms with Crippen LogP contribution in [0.1, 0.15) is 22.3 Å². The minimum absolute atomic E-state index is 0.0326. The summed E-state index contributed by atoms with van der Waals surface area (Å²) in [4.78, 5) is 22.3.